The molecule has 0 unspecified atom stereocenters. The van der Waals surface area contributed by atoms with Gasteiger partial charge in [0.2, 0.25) is 11.8 Å². The lowest BCUT2D eigenvalue weighted by atomic mass is 10.2. The van der Waals surface area contributed by atoms with Gasteiger partial charge in [0.25, 0.3) is 5.91 Å². The van der Waals surface area contributed by atoms with Crippen LogP contribution in [0, 0.1) is 0 Å². The molecule has 0 bridgehead atoms. The van der Waals surface area contributed by atoms with E-state index >= 15 is 0 Å². The minimum absolute atomic E-state index is 0.0521. The van der Waals surface area contributed by atoms with Gasteiger partial charge in [0.15, 0.2) is 0 Å². The lowest BCUT2D eigenvalue weighted by molar-refractivity contribution is -0.116. The first kappa shape index (κ1) is 20.0. The normalized spacial score (nSPS) is 10.0. The molecule has 142 valence electrons. The fourth-order valence-corrected chi connectivity index (χ4v) is 2.34. The largest absolute Gasteiger partial charge is 0.376 e. The van der Waals surface area contributed by atoms with Crippen molar-refractivity contribution in [2.24, 2.45) is 0 Å². The molecule has 27 heavy (non-hydrogen) atoms. The monoisotopic (exact) mass is 368 g/mol. The molecular weight excluding hydrogens is 344 g/mol. The van der Waals surface area contributed by atoms with Crippen LogP contribution in [0.15, 0.2) is 48.5 Å². The van der Waals surface area contributed by atoms with Crippen molar-refractivity contribution in [1.82, 2.24) is 5.32 Å². The SMILES string of the molecule is CCNC(=O)c1cccc(NC(=O)CNc2cccc(NC(=O)CC)c2)c1. The summed E-state index contributed by atoms with van der Waals surface area (Å²) in [4.78, 5) is 35.5. The van der Waals surface area contributed by atoms with E-state index in [1.54, 1.807) is 49.4 Å². The summed E-state index contributed by atoms with van der Waals surface area (Å²) in [7, 11) is 0. The number of benzene rings is 2. The molecule has 7 heteroatoms. The summed E-state index contributed by atoms with van der Waals surface area (Å²) in [6.45, 7) is 4.22. The van der Waals surface area contributed by atoms with Crippen LogP contribution in [0.1, 0.15) is 30.6 Å². The van der Waals surface area contributed by atoms with Gasteiger partial charge in [-0.3, -0.25) is 14.4 Å². The van der Waals surface area contributed by atoms with Crippen molar-refractivity contribution < 1.29 is 14.4 Å². The van der Waals surface area contributed by atoms with Gasteiger partial charge in [-0.1, -0.05) is 19.1 Å². The van der Waals surface area contributed by atoms with Gasteiger partial charge in [-0.15, -0.1) is 0 Å². The zero-order valence-electron chi connectivity index (χ0n) is 15.5. The first-order valence-electron chi connectivity index (χ1n) is 8.83. The number of hydrogen-bond donors (Lipinski definition) is 4. The molecular formula is C20H24N4O3. The molecule has 4 N–H and O–H groups in total. The molecule has 2 aromatic carbocycles. The van der Waals surface area contributed by atoms with Gasteiger partial charge in [0.1, 0.15) is 0 Å². The van der Waals surface area contributed by atoms with E-state index < -0.39 is 0 Å². The Balaban J connectivity index is 1.91. The molecule has 2 aromatic rings. The van der Waals surface area contributed by atoms with Crippen molar-refractivity contribution in [1.29, 1.82) is 0 Å². The summed E-state index contributed by atoms with van der Waals surface area (Å²) in [5.74, 6) is -0.499. The van der Waals surface area contributed by atoms with Gasteiger partial charge < -0.3 is 21.3 Å². The molecule has 0 aliphatic heterocycles. The van der Waals surface area contributed by atoms with Crippen LogP contribution >= 0.6 is 0 Å². The first-order chi connectivity index (χ1) is 13.0. The maximum absolute atomic E-state index is 12.2. The Labute approximate surface area is 158 Å². The van der Waals surface area contributed by atoms with Gasteiger partial charge in [0, 0.05) is 35.6 Å². The predicted octanol–water partition coefficient (Wildman–Crippen LogP) is 2.84. The number of carbonyl (C=O) groups excluding carboxylic acids is 3. The fraction of sp³-hybridized carbons (Fsp3) is 0.250. The second-order valence-electron chi connectivity index (χ2n) is 5.82. The van der Waals surface area contributed by atoms with Crippen LogP contribution in [0.4, 0.5) is 17.1 Å². The highest BCUT2D eigenvalue weighted by atomic mass is 16.2. The van der Waals surface area contributed by atoms with Crippen molar-refractivity contribution in [2.45, 2.75) is 20.3 Å². The number of hydrogen-bond acceptors (Lipinski definition) is 4. The molecule has 0 fully saturated rings. The zero-order valence-corrected chi connectivity index (χ0v) is 15.5. The molecule has 0 aromatic heterocycles. The predicted molar refractivity (Wildman–Crippen MR) is 107 cm³/mol. The molecule has 0 aliphatic carbocycles. The first-order valence-corrected chi connectivity index (χ1v) is 8.83. The highest BCUT2D eigenvalue weighted by Crippen LogP contribution is 2.15. The van der Waals surface area contributed by atoms with Gasteiger partial charge in [-0.25, -0.2) is 0 Å². The summed E-state index contributed by atoms with van der Waals surface area (Å²) < 4.78 is 0. The average molecular weight is 368 g/mol. The molecule has 2 rings (SSSR count). The number of anilines is 3. The Bertz CT molecular complexity index is 820. The minimum Gasteiger partial charge on any atom is -0.376 e. The van der Waals surface area contributed by atoms with Crippen molar-refractivity contribution in [2.75, 3.05) is 29.0 Å². The molecule has 0 heterocycles. The van der Waals surface area contributed by atoms with Crippen LogP contribution in [0.2, 0.25) is 0 Å². The average Bonchev–Trinajstić information content (AvgIpc) is 2.67. The smallest absolute Gasteiger partial charge is 0.251 e. The third-order valence-electron chi connectivity index (χ3n) is 3.67. The summed E-state index contributed by atoms with van der Waals surface area (Å²) in [6, 6.07) is 13.9. The zero-order chi connectivity index (χ0) is 19.6. The van der Waals surface area contributed by atoms with Crippen LogP contribution in [0.5, 0.6) is 0 Å². The van der Waals surface area contributed by atoms with Crippen LogP contribution in [-0.2, 0) is 9.59 Å². The Hall–Kier alpha value is -3.35. The maximum Gasteiger partial charge on any atom is 0.251 e. The second-order valence-corrected chi connectivity index (χ2v) is 5.82. The number of nitrogens with one attached hydrogen (secondary N) is 4. The van der Waals surface area contributed by atoms with E-state index in [1.807, 2.05) is 13.0 Å². The Morgan fingerprint density at radius 2 is 1.44 bits per heavy atom. The topological polar surface area (TPSA) is 99.3 Å². The summed E-state index contributed by atoms with van der Waals surface area (Å²) in [6.07, 6.45) is 0.398. The van der Waals surface area contributed by atoms with E-state index in [1.165, 1.54) is 0 Å². The summed E-state index contributed by atoms with van der Waals surface area (Å²) in [5.41, 5.74) is 2.42. The Morgan fingerprint density at radius 1 is 0.815 bits per heavy atom. The lowest BCUT2D eigenvalue weighted by Crippen LogP contribution is -2.24. The quantitative estimate of drug-likeness (QED) is 0.576. The van der Waals surface area contributed by atoms with E-state index in [9.17, 15) is 14.4 Å². The molecule has 0 saturated heterocycles. The molecule has 0 aliphatic rings. The minimum atomic E-state index is -0.244. The molecule has 0 spiro atoms. The van der Waals surface area contributed by atoms with E-state index in [0.29, 0.717) is 29.9 Å². The van der Waals surface area contributed by atoms with Crippen LogP contribution in [-0.4, -0.2) is 30.8 Å². The van der Waals surface area contributed by atoms with Gasteiger partial charge in [-0.2, -0.15) is 0 Å². The summed E-state index contributed by atoms with van der Waals surface area (Å²) in [5, 5.41) is 11.3. The van der Waals surface area contributed by atoms with Crippen molar-refractivity contribution >= 4 is 34.8 Å². The number of carbonyl (C=O) groups is 3. The standard InChI is InChI=1S/C20H24N4O3/c1-3-18(25)23-17-10-6-8-15(12-17)22-13-19(26)24-16-9-5-7-14(11-16)20(27)21-4-2/h5-12,22H,3-4,13H2,1-2H3,(H,21,27)(H,23,25)(H,24,26). The Kier molecular flexibility index (Phi) is 7.37. The Morgan fingerprint density at radius 3 is 2.15 bits per heavy atom. The third kappa shape index (κ3) is 6.47. The molecule has 0 atom stereocenters. The highest BCUT2D eigenvalue weighted by molar-refractivity contribution is 5.98. The van der Waals surface area contributed by atoms with Crippen LogP contribution in [0.3, 0.4) is 0 Å². The van der Waals surface area contributed by atoms with Crippen molar-refractivity contribution in [3.05, 3.63) is 54.1 Å². The lowest BCUT2D eigenvalue weighted by Gasteiger charge is -2.10. The van der Waals surface area contributed by atoms with E-state index in [-0.39, 0.29) is 24.3 Å². The van der Waals surface area contributed by atoms with E-state index in [2.05, 4.69) is 21.3 Å². The van der Waals surface area contributed by atoms with Crippen LogP contribution < -0.4 is 21.3 Å². The van der Waals surface area contributed by atoms with Gasteiger partial charge in [0.05, 0.1) is 6.54 Å². The second kappa shape index (κ2) is 9.96. The molecule has 7 nitrogen and oxygen atoms in total. The fourth-order valence-electron chi connectivity index (χ4n) is 2.34. The number of amides is 3. The molecule has 0 saturated carbocycles. The third-order valence-corrected chi connectivity index (χ3v) is 3.67. The molecule has 0 radical (unpaired) electrons. The van der Waals surface area contributed by atoms with Crippen molar-refractivity contribution in [3.63, 3.8) is 0 Å². The van der Waals surface area contributed by atoms with Gasteiger partial charge in [-0.05, 0) is 43.3 Å². The van der Waals surface area contributed by atoms with Crippen LogP contribution in [0.25, 0.3) is 0 Å². The molecule has 3 amide bonds. The highest BCUT2D eigenvalue weighted by Gasteiger charge is 2.07. The van der Waals surface area contributed by atoms with Crippen molar-refractivity contribution in [3.8, 4) is 0 Å². The van der Waals surface area contributed by atoms with E-state index in [4.69, 9.17) is 0 Å². The van der Waals surface area contributed by atoms with Gasteiger partial charge >= 0.3 is 0 Å². The number of rotatable bonds is 8. The maximum atomic E-state index is 12.2. The summed E-state index contributed by atoms with van der Waals surface area (Å²) >= 11 is 0. The van der Waals surface area contributed by atoms with E-state index in [0.717, 1.165) is 5.69 Å².